The van der Waals surface area contributed by atoms with Gasteiger partial charge in [-0.05, 0) is 60.2 Å². The molecular formula is C28H23FN2O7S. The van der Waals surface area contributed by atoms with Crippen molar-refractivity contribution in [3.8, 4) is 23.0 Å². The number of anilines is 1. The molecule has 1 N–H and O–H groups in total. The Hall–Kier alpha value is -4.64. The standard InChI is InChI=1S/C28H23FN2O7S/c1-35-17-8-5-14(6-9-17)24(32)22-23(15-11-19(36-2)26(38-4)20(12-15)37-3)31(27(34)25(22)33)28-30-18-10-7-16(29)13-21(18)39-28/h5-13,23,32H,1-4H3/t23-/m1/s1. The maximum atomic E-state index is 13.9. The third-order valence-corrected chi connectivity index (χ3v) is 7.37. The van der Waals surface area contributed by atoms with Crippen molar-refractivity contribution in [1.82, 2.24) is 4.98 Å². The van der Waals surface area contributed by atoms with Crippen LogP contribution in [0.1, 0.15) is 17.2 Å². The van der Waals surface area contributed by atoms with Gasteiger partial charge in [0.2, 0.25) is 5.75 Å². The minimum atomic E-state index is -1.12. The van der Waals surface area contributed by atoms with Crippen LogP contribution in [-0.4, -0.2) is 50.2 Å². The van der Waals surface area contributed by atoms with Gasteiger partial charge in [-0.15, -0.1) is 0 Å². The second kappa shape index (κ2) is 10.3. The molecule has 1 aliphatic heterocycles. The Morgan fingerprint density at radius 1 is 0.923 bits per heavy atom. The summed E-state index contributed by atoms with van der Waals surface area (Å²) >= 11 is 1.05. The lowest BCUT2D eigenvalue weighted by Crippen LogP contribution is -2.29. The van der Waals surface area contributed by atoms with E-state index in [9.17, 15) is 19.1 Å². The maximum Gasteiger partial charge on any atom is 0.301 e. The number of amides is 1. The van der Waals surface area contributed by atoms with Gasteiger partial charge in [-0.25, -0.2) is 9.37 Å². The zero-order chi connectivity index (χ0) is 27.8. The Labute approximate surface area is 226 Å². The summed E-state index contributed by atoms with van der Waals surface area (Å²) in [4.78, 5) is 32.7. The van der Waals surface area contributed by atoms with Crippen molar-refractivity contribution in [2.45, 2.75) is 6.04 Å². The fourth-order valence-corrected chi connectivity index (χ4v) is 5.52. The Balaban J connectivity index is 1.77. The summed E-state index contributed by atoms with van der Waals surface area (Å²) in [5.74, 6) is -1.22. The number of rotatable bonds is 7. The quantitative estimate of drug-likeness (QED) is 0.193. The summed E-state index contributed by atoms with van der Waals surface area (Å²) in [5, 5.41) is 11.5. The van der Waals surface area contributed by atoms with Crippen LogP contribution in [0.3, 0.4) is 0 Å². The molecule has 39 heavy (non-hydrogen) atoms. The number of methoxy groups -OCH3 is 4. The first-order valence-electron chi connectivity index (χ1n) is 11.6. The summed E-state index contributed by atoms with van der Waals surface area (Å²) in [5.41, 5.74) is 0.990. The first kappa shape index (κ1) is 26.0. The van der Waals surface area contributed by atoms with E-state index < -0.39 is 23.5 Å². The summed E-state index contributed by atoms with van der Waals surface area (Å²) < 4.78 is 36.0. The molecule has 4 aromatic rings. The van der Waals surface area contributed by atoms with E-state index in [1.54, 1.807) is 36.4 Å². The monoisotopic (exact) mass is 550 g/mol. The number of fused-ring (bicyclic) bond motifs is 1. The number of Topliss-reactive ketones (excluding diaryl/α,β-unsaturated/α-hetero) is 1. The number of ether oxygens (including phenoxy) is 4. The maximum absolute atomic E-state index is 13.9. The van der Waals surface area contributed by atoms with Gasteiger partial charge in [0.05, 0.1) is 50.3 Å². The van der Waals surface area contributed by atoms with Crippen molar-refractivity contribution < 1.29 is 38.0 Å². The number of thiazole rings is 1. The molecule has 0 radical (unpaired) electrons. The summed E-state index contributed by atoms with van der Waals surface area (Å²) in [6.45, 7) is 0. The number of nitrogens with zero attached hydrogens (tertiary/aromatic N) is 2. The fourth-order valence-electron chi connectivity index (χ4n) is 4.50. The molecule has 0 unspecified atom stereocenters. The first-order valence-corrected chi connectivity index (χ1v) is 12.4. The average molecular weight is 551 g/mol. The van der Waals surface area contributed by atoms with Gasteiger partial charge in [-0.1, -0.05) is 11.3 Å². The second-order valence-electron chi connectivity index (χ2n) is 8.46. The van der Waals surface area contributed by atoms with E-state index in [-0.39, 0.29) is 28.0 Å². The average Bonchev–Trinajstić information content (AvgIpc) is 3.49. The highest BCUT2D eigenvalue weighted by Gasteiger charge is 2.48. The smallest absolute Gasteiger partial charge is 0.301 e. The van der Waals surface area contributed by atoms with Crippen LogP contribution >= 0.6 is 11.3 Å². The molecule has 1 atom stereocenters. The van der Waals surface area contributed by atoms with Gasteiger partial charge in [-0.2, -0.15) is 0 Å². The predicted octanol–water partition coefficient (Wildman–Crippen LogP) is 5.10. The highest BCUT2D eigenvalue weighted by Crippen LogP contribution is 2.48. The Bertz CT molecular complexity index is 1610. The number of aliphatic hydroxyl groups excluding tert-OH is 1. The van der Waals surface area contributed by atoms with Crippen LogP contribution in [0.5, 0.6) is 23.0 Å². The van der Waals surface area contributed by atoms with Crippen LogP contribution in [-0.2, 0) is 9.59 Å². The Kier molecular flexibility index (Phi) is 6.83. The van der Waals surface area contributed by atoms with Crippen molar-refractivity contribution in [3.05, 3.63) is 77.1 Å². The molecule has 1 aliphatic rings. The number of aromatic nitrogens is 1. The molecule has 1 saturated heterocycles. The molecule has 0 spiro atoms. The van der Waals surface area contributed by atoms with E-state index >= 15 is 0 Å². The molecule has 9 nitrogen and oxygen atoms in total. The minimum absolute atomic E-state index is 0.158. The van der Waals surface area contributed by atoms with Gasteiger partial charge in [0.25, 0.3) is 5.78 Å². The van der Waals surface area contributed by atoms with Crippen molar-refractivity contribution >= 4 is 44.1 Å². The molecule has 3 aromatic carbocycles. The van der Waals surface area contributed by atoms with Crippen LogP contribution in [0.25, 0.3) is 16.0 Å². The largest absolute Gasteiger partial charge is 0.507 e. The lowest BCUT2D eigenvalue weighted by Gasteiger charge is -2.24. The van der Waals surface area contributed by atoms with Gasteiger partial charge in [0.15, 0.2) is 16.6 Å². The molecule has 1 aromatic heterocycles. The number of benzene rings is 3. The molecule has 5 rings (SSSR count). The number of carbonyl (C=O) groups is 2. The summed E-state index contributed by atoms with van der Waals surface area (Å²) in [6, 6.07) is 12.5. The van der Waals surface area contributed by atoms with Gasteiger partial charge in [-0.3, -0.25) is 14.5 Å². The normalized spacial score (nSPS) is 16.5. The minimum Gasteiger partial charge on any atom is -0.507 e. The molecular weight excluding hydrogens is 527 g/mol. The summed E-state index contributed by atoms with van der Waals surface area (Å²) in [7, 11) is 5.85. The first-order chi connectivity index (χ1) is 18.8. The summed E-state index contributed by atoms with van der Waals surface area (Å²) in [6.07, 6.45) is 0. The number of carbonyl (C=O) groups excluding carboxylic acids is 2. The van der Waals surface area contributed by atoms with E-state index in [0.717, 1.165) is 11.3 Å². The van der Waals surface area contributed by atoms with Gasteiger partial charge in [0, 0.05) is 5.56 Å². The number of hydrogen-bond acceptors (Lipinski definition) is 9. The molecule has 2 heterocycles. The molecule has 0 saturated carbocycles. The van der Waals surface area contributed by atoms with Crippen LogP contribution in [0.15, 0.2) is 60.2 Å². The lowest BCUT2D eigenvalue weighted by molar-refractivity contribution is -0.132. The Morgan fingerprint density at radius 2 is 1.59 bits per heavy atom. The van der Waals surface area contributed by atoms with Crippen molar-refractivity contribution in [2.75, 3.05) is 33.3 Å². The van der Waals surface area contributed by atoms with E-state index in [1.165, 1.54) is 51.5 Å². The molecule has 0 aliphatic carbocycles. The van der Waals surface area contributed by atoms with E-state index in [0.29, 0.717) is 32.8 Å². The third-order valence-electron chi connectivity index (χ3n) is 6.36. The second-order valence-corrected chi connectivity index (χ2v) is 9.47. The van der Waals surface area contributed by atoms with Crippen LogP contribution in [0, 0.1) is 5.82 Å². The van der Waals surface area contributed by atoms with Gasteiger partial charge in [0.1, 0.15) is 17.3 Å². The highest BCUT2D eigenvalue weighted by atomic mass is 32.1. The van der Waals surface area contributed by atoms with Crippen molar-refractivity contribution in [3.63, 3.8) is 0 Å². The highest BCUT2D eigenvalue weighted by molar-refractivity contribution is 7.22. The molecule has 1 fully saturated rings. The lowest BCUT2D eigenvalue weighted by atomic mass is 9.94. The SMILES string of the molecule is COc1ccc(C(O)=C2C(=O)C(=O)N(c3nc4ccc(F)cc4s3)[C@@H]2c2cc(OC)c(OC)c(OC)c2)cc1. The third kappa shape index (κ3) is 4.40. The van der Waals surface area contributed by atoms with Crippen molar-refractivity contribution in [1.29, 1.82) is 0 Å². The topological polar surface area (TPSA) is 107 Å². The molecule has 11 heteroatoms. The molecule has 200 valence electrons. The van der Waals surface area contributed by atoms with Crippen LogP contribution in [0.2, 0.25) is 0 Å². The van der Waals surface area contributed by atoms with E-state index in [4.69, 9.17) is 18.9 Å². The van der Waals surface area contributed by atoms with Gasteiger partial charge >= 0.3 is 5.91 Å². The van der Waals surface area contributed by atoms with Crippen LogP contribution in [0.4, 0.5) is 9.52 Å². The van der Waals surface area contributed by atoms with Gasteiger partial charge < -0.3 is 24.1 Å². The van der Waals surface area contributed by atoms with E-state index in [2.05, 4.69) is 4.98 Å². The molecule has 0 bridgehead atoms. The fraction of sp³-hybridized carbons (Fsp3) is 0.179. The van der Waals surface area contributed by atoms with Crippen molar-refractivity contribution in [2.24, 2.45) is 0 Å². The predicted molar refractivity (Wildman–Crippen MR) is 143 cm³/mol. The Morgan fingerprint density at radius 3 is 2.18 bits per heavy atom. The molecule has 1 amide bonds. The zero-order valence-electron chi connectivity index (χ0n) is 21.4. The number of hydrogen-bond donors (Lipinski definition) is 1. The number of ketones is 1. The number of aliphatic hydroxyl groups is 1. The van der Waals surface area contributed by atoms with E-state index in [1.807, 2.05) is 0 Å². The van der Waals surface area contributed by atoms with Crippen LogP contribution < -0.4 is 23.8 Å². The zero-order valence-corrected chi connectivity index (χ0v) is 22.2. The number of halogens is 1.